The lowest BCUT2D eigenvalue weighted by molar-refractivity contribution is 0.467. The van der Waals surface area contributed by atoms with Crippen molar-refractivity contribution in [2.24, 2.45) is 0 Å². The summed E-state index contributed by atoms with van der Waals surface area (Å²) in [6, 6.07) is 15.6. The molecule has 0 amide bonds. The molecule has 0 heterocycles. The lowest BCUT2D eigenvalue weighted by Crippen LogP contribution is -2.05. The van der Waals surface area contributed by atoms with Gasteiger partial charge in [-0.3, -0.25) is 0 Å². The van der Waals surface area contributed by atoms with E-state index in [1.54, 1.807) is 30.3 Å². The molecule has 0 radical (unpaired) electrons. The highest BCUT2D eigenvalue weighted by Gasteiger charge is 2.22. The van der Waals surface area contributed by atoms with Crippen LogP contribution in [-0.2, 0) is 0 Å². The molecular weight excluding hydrogens is 330 g/mol. The summed E-state index contributed by atoms with van der Waals surface area (Å²) in [4.78, 5) is 0. The molecule has 0 saturated carbocycles. The molecule has 0 saturated heterocycles. The van der Waals surface area contributed by atoms with Crippen molar-refractivity contribution in [2.75, 3.05) is 0 Å². The van der Waals surface area contributed by atoms with Crippen molar-refractivity contribution >= 4 is 11.6 Å². The van der Waals surface area contributed by atoms with Gasteiger partial charge in [-0.1, -0.05) is 41.9 Å². The number of benzene rings is 3. The summed E-state index contributed by atoms with van der Waals surface area (Å²) in [5.74, 6) is -1.10. The van der Waals surface area contributed by atoms with Crippen molar-refractivity contribution in [3.63, 3.8) is 0 Å². The van der Waals surface area contributed by atoms with Gasteiger partial charge < -0.3 is 5.11 Å². The van der Waals surface area contributed by atoms with E-state index in [4.69, 9.17) is 11.6 Å². The minimum Gasteiger partial charge on any atom is -0.506 e. The Morgan fingerprint density at radius 1 is 0.833 bits per heavy atom. The van der Waals surface area contributed by atoms with Crippen molar-refractivity contribution in [1.82, 2.24) is 0 Å². The summed E-state index contributed by atoms with van der Waals surface area (Å²) in [5.41, 5.74) is 3.04. The molecule has 122 valence electrons. The van der Waals surface area contributed by atoms with E-state index < -0.39 is 0 Å². The van der Waals surface area contributed by atoms with Crippen LogP contribution in [0.1, 0.15) is 28.2 Å². The molecule has 3 rings (SSSR count). The third-order valence-electron chi connectivity index (χ3n) is 3.95. The summed E-state index contributed by atoms with van der Waals surface area (Å²) < 4.78 is 26.6. The maximum atomic E-state index is 13.3. The van der Waals surface area contributed by atoms with Crippen molar-refractivity contribution in [3.8, 4) is 5.75 Å². The van der Waals surface area contributed by atoms with Crippen LogP contribution >= 0.6 is 11.6 Å². The average Bonchev–Trinajstić information content (AvgIpc) is 2.55. The highest BCUT2D eigenvalue weighted by molar-refractivity contribution is 6.32. The zero-order chi connectivity index (χ0) is 17.3. The molecule has 0 fully saturated rings. The number of rotatable bonds is 3. The molecule has 1 nitrogen and oxygen atoms in total. The van der Waals surface area contributed by atoms with E-state index in [0.717, 1.165) is 16.7 Å². The Balaban J connectivity index is 2.22. The molecule has 0 spiro atoms. The molecular formula is C20H15ClF2O. The van der Waals surface area contributed by atoms with E-state index in [0.29, 0.717) is 5.56 Å². The van der Waals surface area contributed by atoms with Crippen LogP contribution in [0.25, 0.3) is 0 Å². The molecule has 0 bridgehead atoms. The first-order chi connectivity index (χ1) is 11.5. The van der Waals surface area contributed by atoms with Crippen molar-refractivity contribution in [3.05, 3.63) is 99.6 Å². The number of aryl methyl sites for hydroxylation is 1. The van der Waals surface area contributed by atoms with Gasteiger partial charge in [-0.05, 0) is 53.9 Å². The number of hydrogen-bond donors (Lipinski definition) is 1. The van der Waals surface area contributed by atoms with Gasteiger partial charge in [0, 0.05) is 11.5 Å². The van der Waals surface area contributed by atoms with E-state index in [2.05, 4.69) is 0 Å². The standard InChI is InChI=1S/C20H15ClF2O/c1-12-10-17(20(24)18(21)11-12)19(13-2-6-15(22)7-3-13)14-4-8-16(23)9-5-14/h2-11,19,24H,1H3. The van der Waals surface area contributed by atoms with Crippen LogP contribution in [0.5, 0.6) is 5.75 Å². The van der Waals surface area contributed by atoms with E-state index in [1.165, 1.54) is 24.3 Å². The van der Waals surface area contributed by atoms with E-state index in [9.17, 15) is 13.9 Å². The number of phenolic OH excluding ortho intramolecular Hbond substituents is 1. The van der Waals surface area contributed by atoms with Crippen LogP contribution < -0.4 is 0 Å². The van der Waals surface area contributed by atoms with Crippen LogP contribution in [0.2, 0.25) is 5.02 Å². The zero-order valence-electron chi connectivity index (χ0n) is 12.9. The van der Waals surface area contributed by atoms with E-state index in [-0.39, 0.29) is 28.3 Å². The average molecular weight is 345 g/mol. The van der Waals surface area contributed by atoms with Gasteiger partial charge in [0.2, 0.25) is 0 Å². The van der Waals surface area contributed by atoms with Crippen LogP contribution in [0.3, 0.4) is 0 Å². The number of aromatic hydroxyl groups is 1. The second-order valence-electron chi connectivity index (χ2n) is 5.72. The van der Waals surface area contributed by atoms with E-state index in [1.807, 2.05) is 13.0 Å². The number of halogens is 3. The van der Waals surface area contributed by atoms with Crippen molar-refractivity contribution in [1.29, 1.82) is 0 Å². The monoisotopic (exact) mass is 344 g/mol. The molecule has 24 heavy (non-hydrogen) atoms. The Kier molecular flexibility index (Phi) is 4.54. The number of phenols is 1. The molecule has 0 aliphatic rings. The second kappa shape index (κ2) is 6.62. The van der Waals surface area contributed by atoms with Gasteiger partial charge >= 0.3 is 0 Å². The normalized spacial score (nSPS) is 11.0. The molecule has 3 aromatic carbocycles. The molecule has 4 heteroatoms. The molecule has 0 unspecified atom stereocenters. The summed E-state index contributed by atoms with van der Waals surface area (Å²) in [5, 5.41) is 10.7. The minimum absolute atomic E-state index is 0.0269. The molecule has 0 atom stereocenters. The maximum Gasteiger partial charge on any atom is 0.138 e. The smallest absolute Gasteiger partial charge is 0.138 e. The van der Waals surface area contributed by atoms with Crippen LogP contribution in [0, 0.1) is 18.6 Å². The Morgan fingerprint density at radius 2 is 1.29 bits per heavy atom. The van der Waals surface area contributed by atoms with Gasteiger partial charge in [0.1, 0.15) is 17.4 Å². The van der Waals surface area contributed by atoms with Crippen LogP contribution in [-0.4, -0.2) is 5.11 Å². The predicted octanol–water partition coefficient (Wildman–Crippen LogP) is 5.81. The van der Waals surface area contributed by atoms with E-state index >= 15 is 0 Å². The predicted molar refractivity (Wildman–Crippen MR) is 91.6 cm³/mol. The highest BCUT2D eigenvalue weighted by Crippen LogP contribution is 2.40. The second-order valence-corrected chi connectivity index (χ2v) is 6.13. The van der Waals surface area contributed by atoms with Gasteiger partial charge in [-0.15, -0.1) is 0 Å². The Labute approximate surface area is 144 Å². The lowest BCUT2D eigenvalue weighted by atomic mass is 9.84. The van der Waals surface area contributed by atoms with Crippen LogP contribution in [0.4, 0.5) is 8.78 Å². The third-order valence-corrected chi connectivity index (χ3v) is 4.24. The first-order valence-electron chi connectivity index (χ1n) is 7.45. The quantitative estimate of drug-likeness (QED) is 0.594. The SMILES string of the molecule is Cc1cc(Cl)c(O)c(C(c2ccc(F)cc2)c2ccc(F)cc2)c1. The Morgan fingerprint density at radius 3 is 1.75 bits per heavy atom. The largest absolute Gasteiger partial charge is 0.506 e. The molecule has 0 aliphatic carbocycles. The van der Waals surface area contributed by atoms with Gasteiger partial charge in [0.05, 0.1) is 5.02 Å². The van der Waals surface area contributed by atoms with Gasteiger partial charge in [0.15, 0.2) is 0 Å². The van der Waals surface area contributed by atoms with Crippen LogP contribution in [0.15, 0.2) is 60.7 Å². The Bertz CT molecular complexity index is 813. The van der Waals surface area contributed by atoms with Gasteiger partial charge in [0.25, 0.3) is 0 Å². The van der Waals surface area contributed by atoms with Crippen molar-refractivity contribution in [2.45, 2.75) is 12.8 Å². The number of hydrogen-bond acceptors (Lipinski definition) is 1. The highest BCUT2D eigenvalue weighted by atomic mass is 35.5. The Hall–Kier alpha value is -2.39. The molecule has 0 aromatic heterocycles. The summed E-state index contributed by atoms with van der Waals surface area (Å²) in [6.07, 6.45) is 0. The third kappa shape index (κ3) is 3.26. The molecule has 0 aliphatic heterocycles. The molecule has 1 N–H and O–H groups in total. The molecule has 3 aromatic rings. The summed E-state index contributed by atoms with van der Waals surface area (Å²) in [7, 11) is 0. The summed E-state index contributed by atoms with van der Waals surface area (Å²) in [6.45, 7) is 1.88. The zero-order valence-corrected chi connectivity index (χ0v) is 13.7. The maximum absolute atomic E-state index is 13.3. The van der Waals surface area contributed by atoms with Crippen molar-refractivity contribution < 1.29 is 13.9 Å². The fourth-order valence-corrected chi connectivity index (χ4v) is 3.12. The van der Waals surface area contributed by atoms with Gasteiger partial charge in [-0.2, -0.15) is 0 Å². The van der Waals surface area contributed by atoms with Gasteiger partial charge in [-0.25, -0.2) is 8.78 Å². The fraction of sp³-hybridized carbons (Fsp3) is 0.100. The first kappa shape index (κ1) is 16.5. The lowest BCUT2D eigenvalue weighted by Gasteiger charge is -2.21. The fourth-order valence-electron chi connectivity index (χ4n) is 2.84. The summed E-state index contributed by atoms with van der Waals surface area (Å²) >= 11 is 6.12. The topological polar surface area (TPSA) is 20.2 Å². The first-order valence-corrected chi connectivity index (χ1v) is 7.83. The minimum atomic E-state index is -0.386.